The van der Waals surface area contributed by atoms with Crippen LogP contribution in [0.25, 0.3) is 11.4 Å². The lowest BCUT2D eigenvalue weighted by molar-refractivity contribution is 0.539. The maximum absolute atomic E-state index is 13.6. The summed E-state index contributed by atoms with van der Waals surface area (Å²) < 4.78 is 13.6. The van der Waals surface area contributed by atoms with Gasteiger partial charge in [0.25, 0.3) is 0 Å². The van der Waals surface area contributed by atoms with E-state index in [2.05, 4.69) is 15.4 Å². The van der Waals surface area contributed by atoms with Gasteiger partial charge in [-0.3, -0.25) is 0 Å². The first-order valence-corrected chi connectivity index (χ1v) is 6.09. The fourth-order valence-corrected chi connectivity index (χ4v) is 1.88. The second-order valence-corrected chi connectivity index (χ2v) is 4.36. The molecule has 5 nitrogen and oxygen atoms in total. The highest BCUT2D eigenvalue weighted by atomic mass is 19.1. The molecule has 0 aliphatic carbocycles. The van der Waals surface area contributed by atoms with Crippen LogP contribution in [-0.2, 0) is 6.54 Å². The minimum Gasteiger partial charge on any atom is -0.399 e. The van der Waals surface area contributed by atoms with Crippen molar-refractivity contribution in [2.75, 3.05) is 5.73 Å². The quantitative estimate of drug-likeness (QED) is 0.739. The summed E-state index contributed by atoms with van der Waals surface area (Å²) in [5, 5.41) is 12.1. The molecule has 0 aliphatic heterocycles. The van der Waals surface area contributed by atoms with Crippen LogP contribution in [0.3, 0.4) is 0 Å². The SMILES string of the molecule is Nc1cccc(-c2nnn(Cc3ccccc3F)n2)c1. The summed E-state index contributed by atoms with van der Waals surface area (Å²) in [4.78, 5) is 1.36. The summed E-state index contributed by atoms with van der Waals surface area (Å²) in [6.07, 6.45) is 0. The number of hydrogen-bond donors (Lipinski definition) is 1. The molecular formula is C14H12FN5. The average molecular weight is 269 g/mol. The van der Waals surface area contributed by atoms with Crippen molar-refractivity contribution in [3.63, 3.8) is 0 Å². The van der Waals surface area contributed by atoms with Crippen molar-refractivity contribution in [2.45, 2.75) is 6.54 Å². The van der Waals surface area contributed by atoms with Crippen molar-refractivity contribution < 1.29 is 4.39 Å². The Bertz CT molecular complexity index is 738. The Kier molecular flexibility index (Phi) is 3.12. The second kappa shape index (κ2) is 5.08. The topological polar surface area (TPSA) is 69.6 Å². The van der Waals surface area contributed by atoms with Crippen LogP contribution in [0.5, 0.6) is 0 Å². The predicted molar refractivity (Wildman–Crippen MR) is 73.2 cm³/mol. The smallest absolute Gasteiger partial charge is 0.205 e. The Morgan fingerprint density at radius 2 is 1.95 bits per heavy atom. The largest absolute Gasteiger partial charge is 0.399 e. The fraction of sp³-hybridized carbons (Fsp3) is 0.0714. The van der Waals surface area contributed by atoms with Gasteiger partial charge in [0.15, 0.2) is 0 Å². The molecule has 0 saturated heterocycles. The third-order valence-corrected chi connectivity index (χ3v) is 2.87. The molecule has 0 radical (unpaired) electrons. The Morgan fingerprint density at radius 3 is 2.75 bits per heavy atom. The van der Waals surface area contributed by atoms with E-state index >= 15 is 0 Å². The lowest BCUT2D eigenvalue weighted by Crippen LogP contribution is -2.05. The fourth-order valence-electron chi connectivity index (χ4n) is 1.88. The lowest BCUT2D eigenvalue weighted by Gasteiger charge is -2.00. The van der Waals surface area contributed by atoms with Crippen molar-refractivity contribution in [3.05, 3.63) is 59.9 Å². The van der Waals surface area contributed by atoms with Crippen LogP contribution in [0.1, 0.15) is 5.56 Å². The van der Waals surface area contributed by atoms with Gasteiger partial charge in [-0.15, -0.1) is 10.2 Å². The molecule has 2 N–H and O–H groups in total. The Balaban J connectivity index is 1.86. The molecular weight excluding hydrogens is 257 g/mol. The van der Waals surface area contributed by atoms with E-state index < -0.39 is 0 Å². The minimum absolute atomic E-state index is 0.238. The number of halogens is 1. The van der Waals surface area contributed by atoms with E-state index in [1.807, 2.05) is 12.1 Å². The minimum atomic E-state index is -0.282. The molecule has 100 valence electrons. The highest BCUT2D eigenvalue weighted by molar-refractivity contribution is 5.60. The molecule has 0 atom stereocenters. The van der Waals surface area contributed by atoms with Crippen LogP contribution in [0.2, 0.25) is 0 Å². The van der Waals surface area contributed by atoms with Crippen LogP contribution in [0, 0.1) is 5.82 Å². The van der Waals surface area contributed by atoms with E-state index in [0.29, 0.717) is 17.1 Å². The lowest BCUT2D eigenvalue weighted by atomic mass is 10.2. The molecule has 2 aromatic carbocycles. The third-order valence-electron chi connectivity index (χ3n) is 2.87. The van der Waals surface area contributed by atoms with Crippen molar-refractivity contribution in [1.82, 2.24) is 20.2 Å². The van der Waals surface area contributed by atoms with Crippen molar-refractivity contribution >= 4 is 5.69 Å². The zero-order chi connectivity index (χ0) is 13.9. The Hall–Kier alpha value is -2.76. The number of nitrogens with two attached hydrogens (primary N) is 1. The number of aromatic nitrogens is 4. The summed E-state index contributed by atoms with van der Waals surface area (Å²) in [6.45, 7) is 0.238. The van der Waals surface area contributed by atoms with Crippen LogP contribution in [0.4, 0.5) is 10.1 Å². The number of anilines is 1. The number of hydrogen-bond acceptors (Lipinski definition) is 4. The zero-order valence-electron chi connectivity index (χ0n) is 10.6. The standard InChI is InChI=1S/C14H12FN5/c15-13-7-2-1-4-11(13)9-20-18-14(17-19-20)10-5-3-6-12(16)8-10/h1-8H,9,16H2. The van der Waals surface area contributed by atoms with E-state index in [1.54, 1.807) is 30.3 Å². The number of rotatable bonds is 3. The molecule has 0 bridgehead atoms. The predicted octanol–water partition coefficient (Wildman–Crippen LogP) is 2.11. The summed E-state index contributed by atoms with van der Waals surface area (Å²) >= 11 is 0. The van der Waals surface area contributed by atoms with Crippen molar-refractivity contribution in [2.24, 2.45) is 0 Å². The average Bonchev–Trinajstić information content (AvgIpc) is 2.90. The normalized spacial score (nSPS) is 10.7. The second-order valence-electron chi connectivity index (χ2n) is 4.36. The van der Waals surface area contributed by atoms with Gasteiger partial charge in [0.05, 0.1) is 6.54 Å². The maximum Gasteiger partial charge on any atom is 0.205 e. The number of nitrogens with zero attached hydrogens (tertiary/aromatic N) is 4. The van der Waals surface area contributed by atoms with Crippen LogP contribution < -0.4 is 5.73 Å². The van der Waals surface area contributed by atoms with Gasteiger partial charge in [-0.25, -0.2) is 4.39 Å². The van der Waals surface area contributed by atoms with Gasteiger partial charge >= 0.3 is 0 Å². The van der Waals surface area contributed by atoms with Gasteiger partial charge in [-0.05, 0) is 23.4 Å². The molecule has 0 unspecified atom stereocenters. The van der Waals surface area contributed by atoms with Crippen molar-refractivity contribution in [1.29, 1.82) is 0 Å². The first-order chi connectivity index (χ1) is 9.72. The van der Waals surface area contributed by atoms with E-state index in [-0.39, 0.29) is 12.4 Å². The summed E-state index contributed by atoms with van der Waals surface area (Å²) in [5.41, 5.74) is 7.65. The van der Waals surface area contributed by atoms with Gasteiger partial charge in [0, 0.05) is 16.8 Å². The highest BCUT2D eigenvalue weighted by Gasteiger charge is 2.08. The van der Waals surface area contributed by atoms with Gasteiger partial charge in [0.2, 0.25) is 5.82 Å². The molecule has 0 saturated carbocycles. The molecule has 3 aromatic rings. The van der Waals surface area contributed by atoms with Crippen molar-refractivity contribution in [3.8, 4) is 11.4 Å². The number of benzene rings is 2. The monoisotopic (exact) mass is 269 g/mol. The first-order valence-electron chi connectivity index (χ1n) is 6.09. The van der Waals surface area contributed by atoms with Crippen LogP contribution in [-0.4, -0.2) is 20.2 Å². The van der Waals surface area contributed by atoms with Gasteiger partial charge in [-0.1, -0.05) is 30.3 Å². The molecule has 0 spiro atoms. The third kappa shape index (κ3) is 2.49. The Labute approximate surface area is 114 Å². The number of nitrogen functional groups attached to an aromatic ring is 1. The summed E-state index contributed by atoms with van der Waals surface area (Å²) in [7, 11) is 0. The van der Waals surface area contributed by atoms with E-state index in [4.69, 9.17) is 5.73 Å². The molecule has 20 heavy (non-hydrogen) atoms. The van der Waals surface area contributed by atoms with Gasteiger partial charge in [-0.2, -0.15) is 4.80 Å². The highest BCUT2D eigenvalue weighted by Crippen LogP contribution is 2.16. The molecule has 6 heteroatoms. The number of tetrazole rings is 1. The van der Waals surface area contributed by atoms with E-state index in [1.165, 1.54) is 10.9 Å². The summed E-state index contributed by atoms with van der Waals surface area (Å²) in [6, 6.07) is 13.7. The first kappa shape index (κ1) is 12.3. The summed E-state index contributed by atoms with van der Waals surface area (Å²) in [5.74, 6) is 0.184. The van der Waals surface area contributed by atoms with Gasteiger partial charge < -0.3 is 5.73 Å². The van der Waals surface area contributed by atoms with E-state index in [9.17, 15) is 4.39 Å². The van der Waals surface area contributed by atoms with Gasteiger partial charge in [0.1, 0.15) is 5.82 Å². The molecule has 0 amide bonds. The zero-order valence-corrected chi connectivity index (χ0v) is 10.6. The molecule has 0 fully saturated rings. The van der Waals surface area contributed by atoms with E-state index in [0.717, 1.165) is 5.56 Å². The Morgan fingerprint density at radius 1 is 1.10 bits per heavy atom. The maximum atomic E-state index is 13.6. The molecule has 3 rings (SSSR count). The molecule has 1 heterocycles. The van der Waals surface area contributed by atoms with Crippen LogP contribution >= 0.6 is 0 Å². The van der Waals surface area contributed by atoms with Crippen LogP contribution in [0.15, 0.2) is 48.5 Å². The molecule has 0 aliphatic rings. The molecule has 1 aromatic heterocycles.